The first-order valence-corrected chi connectivity index (χ1v) is 11.6. The quantitative estimate of drug-likeness (QED) is 0.312. The minimum atomic E-state index is -4.78. The molecule has 194 valence electrons. The second-order valence-corrected chi connectivity index (χ2v) is 8.40. The summed E-state index contributed by atoms with van der Waals surface area (Å²) in [5, 5.41) is 10.1. The van der Waals surface area contributed by atoms with E-state index in [9.17, 15) is 13.2 Å². The first kappa shape index (κ1) is 23.7. The molecule has 1 saturated heterocycles. The number of hydrogen-bond donors (Lipinski definition) is 2. The Morgan fingerprint density at radius 3 is 2.58 bits per heavy atom. The number of aromatic amines is 1. The van der Waals surface area contributed by atoms with Gasteiger partial charge in [-0.25, -0.2) is 4.98 Å². The Balaban J connectivity index is 1.32. The van der Waals surface area contributed by atoms with Gasteiger partial charge in [-0.15, -0.1) is 13.2 Å². The van der Waals surface area contributed by atoms with E-state index in [1.807, 2.05) is 18.2 Å². The van der Waals surface area contributed by atoms with Crippen LogP contribution in [0, 0.1) is 0 Å². The summed E-state index contributed by atoms with van der Waals surface area (Å²) in [5.74, 6) is 1.59. The van der Waals surface area contributed by atoms with Gasteiger partial charge >= 0.3 is 6.36 Å². The molecule has 1 fully saturated rings. The Morgan fingerprint density at radius 1 is 0.974 bits per heavy atom. The van der Waals surface area contributed by atoms with Crippen molar-refractivity contribution < 1.29 is 27.1 Å². The average molecular weight is 523 g/mol. The first-order chi connectivity index (χ1) is 18.4. The van der Waals surface area contributed by atoms with Crippen molar-refractivity contribution in [2.45, 2.75) is 6.36 Å². The van der Waals surface area contributed by atoms with Crippen LogP contribution in [0.2, 0.25) is 0 Å². The number of pyridine rings is 1. The van der Waals surface area contributed by atoms with Crippen molar-refractivity contribution >= 4 is 28.7 Å². The molecular weight excluding hydrogens is 503 g/mol. The second-order valence-electron chi connectivity index (χ2n) is 8.40. The molecule has 38 heavy (non-hydrogen) atoms. The molecule has 4 aromatic heterocycles. The molecule has 0 unspecified atom stereocenters. The van der Waals surface area contributed by atoms with Gasteiger partial charge in [0.2, 0.25) is 5.95 Å². The SMILES string of the molecule is FC(F)(F)Oc1cccc(-c2cc(Nc3nc(N4CCOCC4)c4oc(-c5ccncc5)cc4n3)n[nH]2)c1. The predicted octanol–water partition coefficient (Wildman–Crippen LogP) is 5.15. The molecule has 0 bridgehead atoms. The molecule has 5 aromatic rings. The van der Waals surface area contributed by atoms with Crippen molar-refractivity contribution in [1.82, 2.24) is 25.1 Å². The van der Waals surface area contributed by atoms with E-state index in [-0.39, 0.29) is 11.7 Å². The molecule has 2 N–H and O–H groups in total. The van der Waals surface area contributed by atoms with Crippen molar-refractivity contribution in [2.75, 3.05) is 36.5 Å². The summed E-state index contributed by atoms with van der Waals surface area (Å²) >= 11 is 0. The zero-order valence-electron chi connectivity index (χ0n) is 19.7. The number of nitrogens with one attached hydrogen (secondary N) is 2. The highest BCUT2D eigenvalue weighted by atomic mass is 19.4. The van der Waals surface area contributed by atoms with Crippen molar-refractivity contribution in [1.29, 1.82) is 0 Å². The van der Waals surface area contributed by atoms with E-state index in [4.69, 9.17) is 14.1 Å². The number of halogens is 3. The van der Waals surface area contributed by atoms with Crippen LogP contribution in [0.15, 0.2) is 65.3 Å². The average Bonchev–Trinajstić information content (AvgIpc) is 3.56. The van der Waals surface area contributed by atoms with Crippen LogP contribution in [0.4, 0.5) is 30.8 Å². The van der Waals surface area contributed by atoms with E-state index in [0.29, 0.717) is 66.1 Å². The number of fused-ring (bicyclic) bond motifs is 1. The van der Waals surface area contributed by atoms with Crippen LogP contribution >= 0.6 is 0 Å². The van der Waals surface area contributed by atoms with Gasteiger partial charge in [0.1, 0.15) is 17.0 Å². The van der Waals surface area contributed by atoms with Gasteiger partial charge in [-0.1, -0.05) is 12.1 Å². The molecule has 0 radical (unpaired) electrons. The number of anilines is 3. The fraction of sp³-hybridized carbons (Fsp3) is 0.200. The van der Waals surface area contributed by atoms with Crippen molar-refractivity contribution in [3.05, 3.63) is 60.9 Å². The van der Waals surface area contributed by atoms with Crippen molar-refractivity contribution in [3.8, 4) is 28.3 Å². The Hall–Kier alpha value is -4.65. The molecule has 0 atom stereocenters. The van der Waals surface area contributed by atoms with Gasteiger partial charge < -0.3 is 24.1 Å². The summed E-state index contributed by atoms with van der Waals surface area (Å²) in [4.78, 5) is 15.4. The number of H-pyrrole nitrogens is 1. The Bertz CT molecular complexity index is 1560. The molecule has 0 aliphatic carbocycles. The molecule has 0 spiro atoms. The zero-order valence-corrected chi connectivity index (χ0v) is 19.7. The third-order valence-electron chi connectivity index (χ3n) is 5.83. The largest absolute Gasteiger partial charge is 0.573 e. The monoisotopic (exact) mass is 523 g/mol. The van der Waals surface area contributed by atoms with Crippen LogP contribution in [0.5, 0.6) is 5.75 Å². The van der Waals surface area contributed by atoms with Gasteiger partial charge in [0, 0.05) is 48.7 Å². The maximum Gasteiger partial charge on any atom is 0.573 e. The van der Waals surface area contributed by atoms with E-state index >= 15 is 0 Å². The summed E-state index contributed by atoms with van der Waals surface area (Å²) in [6.45, 7) is 2.40. The molecule has 6 rings (SSSR count). The fourth-order valence-corrected chi connectivity index (χ4v) is 4.13. The van der Waals surface area contributed by atoms with E-state index in [2.05, 4.69) is 35.1 Å². The van der Waals surface area contributed by atoms with Gasteiger partial charge in [0.25, 0.3) is 0 Å². The summed E-state index contributed by atoms with van der Waals surface area (Å²) in [7, 11) is 0. The number of ether oxygens (including phenoxy) is 2. The molecule has 13 heteroatoms. The summed E-state index contributed by atoms with van der Waals surface area (Å²) in [6.07, 6.45) is -1.41. The third-order valence-corrected chi connectivity index (χ3v) is 5.83. The maximum atomic E-state index is 12.6. The number of benzene rings is 1. The lowest BCUT2D eigenvalue weighted by atomic mass is 10.1. The van der Waals surface area contributed by atoms with Gasteiger partial charge in [0.15, 0.2) is 17.2 Å². The Labute approximate surface area is 213 Å². The molecule has 0 saturated carbocycles. The second kappa shape index (κ2) is 9.67. The topological polar surface area (TPSA) is 114 Å². The standard InChI is InChI=1S/C25H20F3N7O3/c26-25(27,28)38-17-3-1-2-16(12-17)18-14-21(34-33-18)31-24-30-19-13-20(15-4-6-29-7-5-15)37-22(19)23(32-24)35-8-10-36-11-9-35/h1-7,12-14H,8-11H2,(H2,30,31,32,33,34). The number of hydrogen-bond acceptors (Lipinski definition) is 9. The molecule has 0 amide bonds. The van der Waals surface area contributed by atoms with Gasteiger partial charge in [0.05, 0.1) is 18.9 Å². The van der Waals surface area contributed by atoms with Gasteiger partial charge in [-0.2, -0.15) is 10.1 Å². The Morgan fingerprint density at radius 2 is 1.79 bits per heavy atom. The van der Waals surface area contributed by atoms with E-state index in [0.717, 1.165) is 5.56 Å². The number of aromatic nitrogens is 5. The molecule has 1 aliphatic rings. The van der Waals surface area contributed by atoms with Crippen molar-refractivity contribution in [3.63, 3.8) is 0 Å². The first-order valence-electron chi connectivity index (χ1n) is 11.6. The van der Waals surface area contributed by atoms with Crippen LogP contribution in [-0.2, 0) is 4.74 Å². The molecule has 1 aliphatic heterocycles. The van der Waals surface area contributed by atoms with E-state index in [1.165, 1.54) is 18.2 Å². The molecule has 10 nitrogen and oxygen atoms in total. The minimum absolute atomic E-state index is 0.285. The lowest BCUT2D eigenvalue weighted by Crippen LogP contribution is -2.37. The summed E-state index contributed by atoms with van der Waals surface area (Å²) in [5.41, 5.74) is 2.96. The highest BCUT2D eigenvalue weighted by Gasteiger charge is 2.31. The van der Waals surface area contributed by atoms with Crippen LogP contribution in [0.25, 0.3) is 33.7 Å². The number of alkyl halides is 3. The van der Waals surface area contributed by atoms with Crippen molar-refractivity contribution in [2.24, 2.45) is 0 Å². The van der Waals surface area contributed by atoms with Crippen LogP contribution in [0.1, 0.15) is 0 Å². The van der Waals surface area contributed by atoms with Crippen LogP contribution in [-0.4, -0.2) is 57.8 Å². The summed E-state index contributed by atoms with van der Waals surface area (Å²) in [6, 6.07) is 12.8. The highest BCUT2D eigenvalue weighted by Crippen LogP contribution is 2.34. The molecule has 1 aromatic carbocycles. The predicted molar refractivity (Wildman–Crippen MR) is 132 cm³/mol. The zero-order chi connectivity index (χ0) is 26.1. The number of morpholine rings is 1. The number of rotatable bonds is 6. The summed E-state index contributed by atoms with van der Waals surface area (Å²) < 4.78 is 53.5. The minimum Gasteiger partial charge on any atom is -0.450 e. The van der Waals surface area contributed by atoms with E-state index in [1.54, 1.807) is 24.5 Å². The lowest BCUT2D eigenvalue weighted by molar-refractivity contribution is -0.274. The van der Waals surface area contributed by atoms with Crippen LogP contribution < -0.4 is 15.0 Å². The molecule has 5 heterocycles. The lowest BCUT2D eigenvalue weighted by Gasteiger charge is -2.27. The maximum absolute atomic E-state index is 12.6. The number of furan rings is 1. The third kappa shape index (κ3) is 5.09. The van der Waals surface area contributed by atoms with Crippen LogP contribution in [0.3, 0.4) is 0 Å². The smallest absolute Gasteiger partial charge is 0.450 e. The number of nitrogens with zero attached hydrogens (tertiary/aromatic N) is 5. The van der Waals surface area contributed by atoms with E-state index < -0.39 is 6.36 Å². The van der Waals surface area contributed by atoms with Gasteiger partial charge in [-0.05, 0) is 24.3 Å². The normalized spacial score (nSPS) is 14.1. The fourth-order valence-electron chi connectivity index (χ4n) is 4.13. The van der Waals surface area contributed by atoms with Gasteiger partial charge in [-0.3, -0.25) is 10.1 Å². The Kier molecular flexibility index (Phi) is 6.04. The molecular formula is C25H20F3N7O3. The highest BCUT2D eigenvalue weighted by molar-refractivity contribution is 5.89.